The maximum atomic E-state index is 12.0. The van der Waals surface area contributed by atoms with Crippen molar-refractivity contribution in [1.82, 2.24) is 59.6 Å². The van der Waals surface area contributed by atoms with Gasteiger partial charge in [-0.3, -0.25) is 4.68 Å². The normalized spacial score (nSPS) is 12.4. The predicted molar refractivity (Wildman–Crippen MR) is 291 cm³/mol. The van der Waals surface area contributed by atoms with Crippen LogP contribution in [0.1, 0.15) is 225 Å². The van der Waals surface area contributed by atoms with Crippen molar-refractivity contribution in [2.45, 2.75) is 230 Å². The molecule has 5 heterocycles. The Morgan fingerprint density at radius 2 is 1.08 bits per heavy atom. The lowest BCUT2D eigenvalue weighted by Crippen LogP contribution is -2.19. The van der Waals surface area contributed by atoms with Crippen molar-refractivity contribution in [3.63, 3.8) is 0 Å². The number of hydrogen-bond donors (Lipinski definition) is 0. The first-order chi connectivity index (χ1) is 33.0. The second-order valence-electron chi connectivity index (χ2n) is 26.2. The summed E-state index contributed by atoms with van der Waals surface area (Å²) in [4.78, 5) is 8.72. The fraction of sp³-hybridized carbons (Fsp3) is 0.696. The summed E-state index contributed by atoms with van der Waals surface area (Å²) in [6, 6.07) is 9.80. The summed E-state index contributed by atoms with van der Waals surface area (Å²) in [5.41, 5.74) is 2.39. The van der Waals surface area contributed by atoms with Crippen molar-refractivity contribution in [2.75, 3.05) is 6.61 Å². The molecule has 0 spiro atoms. The van der Waals surface area contributed by atoms with Gasteiger partial charge in [0.15, 0.2) is 11.6 Å². The quantitative estimate of drug-likeness (QED) is 0.155. The lowest BCUT2D eigenvalue weighted by atomic mass is 9.86. The number of benzene rings is 1. The smallest absolute Gasteiger partial charge is 0.272 e. The van der Waals surface area contributed by atoms with Crippen LogP contribution in [0.5, 0.6) is 5.75 Å². The SMILES string of the molecule is CC(C)(C)c1ccccc1OCC(F)F.CC(C)(C)c1noc(C(C)(C)C)n1.CC(C)Cc1noc(C(C)(C)C)n1.CC(C)n1cnnc1C(C)(C)C.Cn1cnnc1C(C)(C)C.Cn1nccc1C(C)(C)C. The third kappa shape index (κ3) is 23.6. The zero-order chi connectivity index (χ0) is 56.7. The van der Waals surface area contributed by atoms with Gasteiger partial charge in [-0.25, -0.2) is 8.78 Å². The highest BCUT2D eigenvalue weighted by atomic mass is 19.3. The molecule has 0 N–H and O–H groups in total. The molecule has 0 saturated carbocycles. The highest BCUT2D eigenvalue weighted by Gasteiger charge is 2.27. The highest BCUT2D eigenvalue weighted by molar-refractivity contribution is 5.38. The fourth-order valence-corrected chi connectivity index (χ4v) is 6.43. The number of aryl methyl sites for hydroxylation is 2. The molecule has 0 aliphatic rings. The van der Waals surface area contributed by atoms with Crippen molar-refractivity contribution in [1.29, 1.82) is 0 Å². The molecule has 0 bridgehead atoms. The third-order valence-corrected chi connectivity index (χ3v) is 10.3. The van der Waals surface area contributed by atoms with Crippen LogP contribution in [0, 0.1) is 5.92 Å². The molecule has 73 heavy (non-hydrogen) atoms. The van der Waals surface area contributed by atoms with Crippen LogP contribution in [0.3, 0.4) is 0 Å². The summed E-state index contributed by atoms with van der Waals surface area (Å²) in [6.45, 7) is 52.1. The van der Waals surface area contributed by atoms with E-state index in [-0.39, 0.29) is 37.9 Å². The highest BCUT2D eigenvalue weighted by Crippen LogP contribution is 2.31. The van der Waals surface area contributed by atoms with Gasteiger partial charge in [0, 0.05) is 70.9 Å². The Morgan fingerprint density at radius 1 is 0.575 bits per heavy atom. The van der Waals surface area contributed by atoms with E-state index >= 15 is 0 Å². The van der Waals surface area contributed by atoms with E-state index in [2.05, 4.69) is 209 Å². The molecule has 1 aromatic carbocycles. The van der Waals surface area contributed by atoms with Crippen molar-refractivity contribution in [2.24, 2.45) is 20.0 Å². The van der Waals surface area contributed by atoms with Crippen LogP contribution in [0.4, 0.5) is 8.78 Å². The maximum absolute atomic E-state index is 12.0. The number of para-hydroxylation sites is 1. The van der Waals surface area contributed by atoms with Gasteiger partial charge in [-0.1, -0.05) is 188 Å². The third-order valence-electron chi connectivity index (χ3n) is 10.3. The van der Waals surface area contributed by atoms with E-state index in [0.717, 1.165) is 41.2 Å². The molecule has 6 rings (SSSR count). The molecule has 0 unspecified atom stereocenters. The first-order valence-electron chi connectivity index (χ1n) is 25.4. The largest absolute Gasteiger partial charge is 0.487 e. The Kier molecular flexibility index (Phi) is 24.1. The summed E-state index contributed by atoms with van der Waals surface area (Å²) >= 11 is 0. The van der Waals surface area contributed by atoms with Crippen molar-refractivity contribution in [3.8, 4) is 5.75 Å². The van der Waals surface area contributed by atoms with Gasteiger partial charge in [-0.05, 0) is 42.9 Å². The van der Waals surface area contributed by atoms with Crippen LogP contribution in [-0.4, -0.2) is 72.6 Å². The number of hydrogen-bond acceptors (Lipinski definition) is 12. The molecule has 17 heteroatoms. The molecule has 0 aliphatic heterocycles. The second-order valence-corrected chi connectivity index (χ2v) is 26.2. The molecule has 6 aromatic rings. The van der Waals surface area contributed by atoms with E-state index in [1.165, 1.54) is 5.69 Å². The minimum absolute atomic E-state index is 0.0347. The van der Waals surface area contributed by atoms with Gasteiger partial charge in [0.05, 0.1) is 0 Å². The summed E-state index contributed by atoms with van der Waals surface area (Å²) in [5, 5.41) is 27.8. The topological polar surface area (TPSA) is 166 Å². The number of alkyl halides is 2. The Labute approximate surface area is 438 Å². The van der Waals surface area contributed by atoms with E-state index in [1.54, 1.807) is 24.8 Å². The molecular weight excluding hydrogens is 927 g/mol. The molecule has 5 aromatic heterocycles. The number of nitrogens with zero attached hydrogens (tertiary/aromatic N) is 12. The Morgan fingerprint density at radius 3 is 1.41 bits per heavy atom. The van der Waals surface area contributed by atoms with Crippen LogP contribution in [0.2, 0.25) is 0 Å². The number of ether oxygens (including phenoxy) is 1. The Hall–Kier alpha value is -5.35. The van der Waals surface area contributed by atoms with Crippen molar-refractivity contribution >= 4 is 0 Å². The van der Waals surface area contributed by atoms with Gasteiger partial charge in [-0.2, -0.15) is 15.1 Å². The van der Waals surface area contributed by atoms with Gasteiger partial charge in [0.2, 0.25) is 11.8 Å². The maximum Gasteiger partial charge on any atom is 0.272 e. The van der Waals surface area contributed by atoms with Crippen molar-refractivity contribution < 1.29 is 22.6 Å². The van der Waals surface area contributed by atoms with Crippen LogP contribution >= 0.6 is 0 Å². The van der Waals surface area contributed by atoms with Gasteiger partial charge >= 0.3 is 0 Å². The number of aromatic nitrogens is 12. The second kappa shape index (κ2) is 26.7. The molecule has 0 saturated heterocycles. The summed E-state index contributed by atoms with van der Waals surface area (Å²) in [5.74, 6) is 6.22. The van der Waals surface area contributed by atoms with E-state index in [0.29, 0.717) is 23.6 Å². The monoisotopic (exact) mass is 1020 g/mol. The minimum Gasteiger partial charge on any atom is -0.487 e. The minimum atomic E-state index is -2.43. The Balaban J connectivity index is 0.000000440. The van der Waals surface area contributed by atoms with Crippen LogP contribution in [-0.2, 0) is 58.4 Å². The molecular formula is C56H96F2N12O3. The van der Waals surface area contributed by atoms with Crippen LogP contribution in [0.25, 0.3) is 0 Å². The first-order valence-corrected chi connectivity index (χ1v) is 25.4. The number of halogens is 2. The van der Waals surface area contributed by atoms with Gasteiger partial charge in [-0.15, -0.1) is 20.4 Å². The van der Waals surface area contributed by atoms with E-state index in [4.69, 9.17) is 13.8 Å². The van der Waals surface area contributed by atoms with E-state index < -0.39 is 13.0 Å². The molecule has 0 radical (unpaired) electrons. The molecule has 0 fully saturated rings. The fourth-order valence-electron chi connectivity index (χ4n) is 6.43. The summed E-state index contributed by atoms with van der Waals surface area (Å²) in [6.07, 6.45) is 3.81. The van der Waals surface area contributed by atoms with E-state index in [1.807, 2.05) is 62.4 Å². The molecule has 412 valence electrons. The molecule has 0 amide bonds. The number of rotatable bonds is 6. The van der Waals surface area contributed by atoms with Gasteiger partial charge in [0.25, 0.3) is 6.43 Å². The molecule has 0 aliphatic carbocycles. The predicted octanol–water partition coefficient (Wildman–Crippen LogP) is 13.8. The lowest BCUT2D eigenvalue weighted by Gasteiger charge is -2.22. The lowest BCUT2D eigenvalue weighted by molar-refractivity contribution is 0.0809. The average molecular weight is 1020 g/mol. The Bertz CT molecular complexity index is 2380. The molecule has 15 nitrogen and oxygen atoms in total. The van der Waals surface area contributed by atoms with Gasteiger partial charge in [0.1, 0.15) is 36.7 Å². The zero-order valence-corrected chi connectivity index (χ0v) is 50.1. The summed E-state index contributed by atoms with van der Waals surface area (Å²) in [7, 11) is 3.93. The zero-order valence-electron chi connectivity index (χ0n) is 50.1. The van der Waals surface area contributed by atoms with Crippen LogP contribution < -0.4 is 4.74 Å². The molecule has 0 atom stereocenters. The van der Waals surface area contributed by atoms with Gasteiger partial charge < -0.3 is 22.9 Å². The van der Waals surface area contributed by atoms with Crippen molar-refractivity contribution in [3.05, 3.63) is 95.5 Å². The summed E-state index contributed by atoms with van der Waals surface area (Å²) < 4.78 is 45.5. The standard InChI is InChI=1S/C12H16F2O.2C10H18N2O.C9H17N3.C8H14N2.C7H13N3/c1-12(2,3)9-6-4-5-7-10(9)15-8-11(13)14;1-9(2,3)7-11-8(13-12-7)10(4,5)6;1-7(2)6-8-11-9(13-12-8)10(3,4)5;1-7(2)12-6-10-11-8(12)9(3,4)5;1-8(2,3)7-5-6-9-10(7)4;1-7(2,3)6-9-8-5-10(6)4/h4-7,11H,8H2,1-3H3;1-6H3;7H,6H2,1-5H3;6-7H,1-5H3;5-6H,1-4H3;5H,1-4H3. The van der Waals surface area contributed by atoms with Crippen LogP contribution in [0.15, 0.2) is 58.2 Å². The van der Waals surface area contributed by atoms with E-state index in [9.17, 15) is 8.78 Å². The first kappa shape index (κ1) is 65.7. The average Bonchev–Trinajstić information content (AvgIpc) is 4.06.